The Balaban J connectivity index is 2.14. The highest BCUT2D eigenvalue weighted by atomic mass is 19.2. The smallest absolute Gasteiger partial charge is 0.163 e. The summed E-state index contributed by atoms with van der Waals surface area (Å²) in [5.41, 5.74) is 0.00541. The molecule has 2 nitrogen and oxygen atoms in total. The summed E-state index contributed by atoms with van der Waals surface area (Å²) in [6.07, 6.45) is 0. The highest BCUT2D eigenvalue weighted by Gasteiger charge is 2.26. The molecule has 0 unspecified atom stereocenters. The topological polar surface area (TPSA) is 15.3 Å². The van der Waals surface area contributed by atoms with E-state index in [9.17, 15) is 13.2 Å². The zero-order chi connectivity index (χ0) is 13.3. The van der Waals surface area contributed by atoms with Crippen molar-refractivity contribution in [2.24, 2.45) is 0 Å². The molecule has 1 saturated heterocycles. The fourth-order valence-corrected chi connectivity index (χ4v) is 2.35. The molecule has 1 aromatic rings. The van der Waals surface area contributed by atoms with Gasteiger partial charge in [-0.05, 0) is 19.9 Å². The van der Waals surface area contributed by atoms with Crippen LogP contribution in [0.2, 0.25) is 0 Å². The van der Waals surface area contributed by atoms with Crippen LogP contribution >= 0.6 is 0 Å². The minimum atomic E-state index is -1.13. The third-order valence-electron chi connectivity index (χ3n) is 3.11. The molecule has 18 heavy (non-hydrogen) atoms. The van der Waals surface area contributed by atoms with Crippen LogP contribution in [0.1, 0.15) is 19.4 Å². The van der Waals surface area contributed by atoms with Crippen LogP contribution in [-0.4, -0.2) is 30.1 Å². The monoisotopic (exact) mass is 258 g/mol. The van der Waals surface area contributed by atoms with Crippen molar-refractivity contribution in [1.82, 2.24) is 10.2 Å². The lowest BCUT2D eigenvalue weighted by atomic mass is 10.0. The molecule has 1 aliphatic rings. The zero-order valence-electron chi connectivity index (χ0n) is 10.6. The van der Waals surface area contributed by atoms with Gasteiger partial charge >= 0.3 is 0 Å². The molecular formula is C13H17F3N2. The van der Waals surface area contributed by atoms with Crippen LogP contribution < -0.4 is 5.32 Å². The van der Waals surface area contributed by atoms with E-state index < -0.39 is 17.5 Å². The van der Waals surface area contributed by atoms with Crippen molar-refractivity contribution < 1.29 is 13.2 Å². The third-order valence-corrected chi connectivity index (χ3v) is 3.11. The van der Waals surface area contributed by atoms with Gasteiger partial charge in [-0.2, -0.15) is 0 Å². The van der Waals surface area contributed by atoms with Crippen molar-refractivity contribution in [2.45, 2.75) is 25.9 Å². The third kappa shape index (κ3) is 3.03. The molecule has 0 spiro atoms. The fraction of sp³-hybridized carbons (Fsp3) is 0.538. The molecule has 0 atom stereocenters. The van der Waals surface area contributed by atoms with Gasteiger partial charge in [-0.3, -0.25) is 4.90 Å². The van der Waals surface area contributed by atoms with Gasteiger partial charge in [0.15, 0.2) is 11.6 Å². The molecule has 5 heteroatoms. The largest absolute Gasteiger partial charge is 0.309 e. The minimum absolute atomic E-state index is 0.0689. The normalized spacial score (nSPS) is 20.1. The van der Waals surface area contributed by atoms with Crippen LogP contribution in [0.5, 0.6) is 0 Å². The average Bonchev–Trinajstić information content (AvgIpc) is 2.24. The van der Waals surface area contributed by atoms with Gasteiger partial charge in [0.1, 0.15) is 5.82 Å². The Kier molecular flexibility index (Phi) is 3.64. The first-order chi connectivity index (χ1) is 8.37. The molecule has 0 aliphatic carbocycles. The number of nitrogens with one attached hydrogen (secondary N) is 1. The van der Waals surface area contributed by atoms with Crippen molar-refractivity contribution in [3.05, 3.63) is 35.1 Å². The summed E-state index contributed by atoms with van der Waals surface area (Å²) in [6, 6.07) is 1.63. The van der Waals surface area contributed by atoms with Crippen molar-refractivity contribution >= 4 is 0 Å². The van der Waals surface area contributed by atoms with E-state index in [-0.39, 0.29) is 17.6 Å². The molecule has 0 saturated carbocycles. The van der Waals surface area contributed by atoms with Gasteiger partial charge in [0.05, 0.1) is 0 Å². The van der Waals surface area contributed by atoms with Crippen molar-refractivity contribution in [3.63, 3.8) is 0 Å². The Hall–Kier alpha value is -1.07. The van der Waals surface area contributed by atoms with E-state index in [0.717, 1.165) is 19.2 Å². The fourth-order valence-electron chi connectivity index (χ4n) is 2.35. The Bertz CT molecular complexity index is 446. The number of benzene rings is 1. The molecule has 0 bridgehead atoms. The molecular weight excluding hydrogens is 241 g/mol. The van der Waals surface area contributed by atoms with E-state index in [1.807, 2.05) is 18.7 Å². The van der Waals surface area contributed by atoms with Crippen LogP contribution in [0, 0.1) is 17.5 Å². The number of hydrogen-bond donors (Lipinski definition) is 1. The average molecular weight is 258 g/mol. The summed E-state index contributed by atoms with van der Waals surface area (Å²) < 4.78 is 39.7. The second-order valence-electron chi connectivity index (χ2n) is 5.38. The number of hydrogen-bond acceptors (Lipinski definition) is 2. The van der Waals surface area contributed by atoms with Crippen LogP contribution in [-0.2, 0) is 6.54 Å². The SMILES string of the molecule is CC1(C)CN(Cc2cc(F)cc(F)c2F)CCN1. The van der Waals surface area contributed by atoms with Gasteiger partial charge in [0, 0.05) is 43.3 Å². The summed E-state index contributed by atoms with van der Waals surface area (Å²) in [6.45, 7) is 6.55. The quantitative estimate of drug-likeness (QED) is 0.819. The summed E-state index contributed by atoms with van der Waals surface area (Å²) >= 11 is 0. The molecule has 2 rings (SSSR count). The van der Waals surface area contributed by atoms with E-state index in [0.29, 0.717) is 12.6 Å². The van der Waals surface area contributed by atoms with E-state index >= 15 is 0 Å². The molecule has 1 N–H and O–H groups in total. The van der Waals surface area contributed by atoms with Crippen molar-refractivity contribution in [2.75, 3.05) is 19.6 Å². The van der Waals surface area contributed by atoms with Gasteiger partial charge in [-0.1, -0.05) is 0 Å². The maximum absolute atomic E-state index is 13.5. The standard InChI is InChI=1S/C13H17F3N2/c1-13(2)8-18(4-3-17-13)7-9-5-10(14)6-11(15)12(9)16/h5-6,17H,3-4,7-8H2,1-2H3. The molecule has 0 radical (unpaired) electrons. The lowest BCUT2D eigenvalue weighted by molar-refractivity contribution is 0.146. The second-order valence-corrected chi connectivity index (χ2v) is 5.38. The first-order valence-electron chi connectivity index (χ1n) is 5.98. The molecule has 1 heterocycles. The van der Waals surface area contributed by atoms with Crippen molar-refractivity contribution in [3.8, 4) is 0 Å². The predicted molar refractivity (Wildman–Crippen MR) is 63.7 cm³/mol. The summed E-state index contributed by atoms with van der Waals surface area (Å²) in [5.74, 6) is -2.81. The van der Waals surface area contributed by atoms with Gasteiger partial charge in [0.2, 0.25) is 0 Å². The molecule has 0 aromatic heterocycles. The van der Waals surface area contributed by atoms with E-state index in [1.165, 1.54) is 0 Å². The van der Waals surface area contributed by atoms with E-state index in [2.05, 4.69) is 5.32 Å². The Morgan fingerprint density at radius 3 is 2.67 bits per heavy atom. The van der Waals surface area contributed by atoms with Crippen LogP contribution in [0.15, 0.2) is 12.1 Å². The number of rotatable bonds is 2. The zero-order valence-corrected chi connectivity index (χ0v) is 10.6. The Morgan fingerprint density at radius 1 is 1.28 bits per heavy atom. The Morgan fingerprint density at radius 2 is 2.00 bits per heavy atom. The van der Waals surface area contributed by atoms with Gasteiger partial charge in [-0.25, -0.2) is 13.2 Å². The number of nitrogens with zero attached hydrogens (tertiary/aromatic N) is 1. The van der Waals surface area contributed by atoms with Gasteiger partial charge in [0.25, 0.3) is 0 Å². The first-order valence-corrected chi connectivity index (χ1v) is 5.98. The molecule has 1 fully saturated rings. The van der Waals surface area contributed by atoms with Crippen LogP contribution in [0.25, 0.3) is 0 Å². The highest BCUT2D eigenvalue weighted by Crippen LogP contribution is 2.18. The highest BCUT2D eigenvalue weighted by molar-refractivity contribution is 5.20. The van der Waals surface area contributed by atoms with Crippen LogP contribution in [0.3, 0.4) is 0 Å². The van der Waals surface area contributed by atoms with E-state index in [4.69, 9.17) is 0 Å². The maximum atomic E-state index is 13.5. The lowest BCUT2D eigenvalue weighted by Crippen LogP contribution is -2.56. The summed E-state index contributed by atoms with van der Waals surface area (Å²) in [7, 11) is 0. The molecule has 0 amide bonds. The Labute approximate surface area is 105 Å². The van der Waals surface area contributed by atoms with Crippen LogP contribution in [0.4, 0.5) is 13.2 Å². The second kappa shape index (κ2) is 4.90. The van der Waals surface area contributed by atoms with Gasteiger partial charge < -0.3 is 5.32 Å². The minimum Gasteiger partial charge on any atom is -0.309 e. The molecule has 100 valence electrons. The van der Waals surface area contributed by atoms with Gasteiger partial charge in [-0.15, -0.1) is 0 Å². The summed E-state index contributed by atoms with van der Waals surface area (Å²) in [4.78, 5) is 1.99. The van der Waals surface area contributed by atoms with E-state index in [1.54, 1.807) is 0 Å². The molecule has 1 aromatic carbocycles. The summed E-state index contributed by atoms with van der Waals surface area (Å²) in [5, 5.41) is 3.33. The van der Waals surface area contributed by atoms with Crippen molar-refractivity contribution in [1.29, 1.82) is 0 Å². The maximum Gasteiger partial charge on any atom is 0.163 e. The number of piperazine rings is 1. The predicted octanol–water partition coefficient (Wildman–Crippen LogP) is 2.29. The lowest BCUT2D eigenvalue weighted by Gasteiger charge is -2.39. The number of halogens is 3. The molecule has 1 aliphatic heterocycles. The first kappa shape index (κ1) is 13.4.